The molecule has 0 saturated carbocycles. The molecule has 3 N–H and O–H groups in total. The van der Waals surface area contributed by atoms with Gasteiger partial charge in [0.2, 0.25) is 0 Å². The highest BCUT2D eigenvalue weighted by atomic mass is 32.2. The van der Waals surface area contributed by atoms with Gasteiger partial charge in [0.25, 0.3) is 0 Å². The van der Waals surface area contributed by atoms with Gasteiger partial charge >= 0.3 is 0 Å². The van der Waals surface area contributed by atoms with Crippen molar-refractivity contribution in [2.75, 3.05) is 25.4 Å². The van der Waals surface area contributed by atoms with Crippen LogP contribution in [0.15, 0.2) is 43.7 Å². The third kappa shape index (κ3) is 6.18. The van der Waals surface area contributed by atoms with Gasteiger partial charge in [0.1, 0.15) is 15.7 Å². The fourth-order valence-electron chi connectivity index (χ4n) is 1.96. The molecule has 0 radical (unpaired) electrons. The van der Waals surface area contributed by atoms with Crippen LogP contribution in [0.25, 0.3) is 0 Å². The number of aromatic nitrogens is 1. The van der Waals surface area contributed by atoms with Crippen LogP contribution in [0.3, 0.4) is 0 Å². The lowest BCUT2D eigenvalue weighted by molar-refractivity contribution is 0.0437. The number of thioether (sulfide) groups is 1. The summed E-state index contributed by atoms with van der Waals surface area (Å²) in [5, 5.41) is 18.9. The molecule has 2 rings (SSSR count). The van der Waals surface area contributed by atoms with E-state index in [2.05, 4.69) is 20.6 Å². The topological polar surface area (TPSA) is 82.7 Å². The monoisotopic (exact) mass is 368 g/mol. The lowest BCUT2D eigenvalue weighted by Gasteiger charge is -2.19. The minimum Gasteiger partial charge on any atom is -0.466 e. The fourth-order valence-corrected chi connectivity index (χ4v) is 3.61. The van der Waals surface area contributed by atoms with Gasteiger partial charge in [-0.25, -0.2) is 9.98 Å². The number of aliphatic hydroxyl groups is 1. The Bertz CT molecular complexity index is 598. The fraction of sp³-hybridized carbons (Fsp3) is 0.500. The van der Waals surface area contributed by atoms with Crippen LogP contribution in [-0.4, -0.2) is 41.4 Å². The van der Waals surface area contributed by atoms with Gasteiger partial charge in [-0.3, -0.25) is 0 Å². The minimum absolute atomic E-state index is 0.226. The van der Waals surface area contributed by atoms with Gasteiger partial charge in [0, 0.05) is 30.4 Å². The standard InChI is InChI=1S/C16H24N4O2S2/c1-3-17-14(18-7-5-10-23-15-19-8-11-24-15)20-12-16(2,21)13-6-4-9-22-13/h4,6,8-9,11,21H,3,5,7,10,12H2,1-2H3,(H2,17,18,20). The zero-order valence-corrected chi connectivity index (χ0v) is 15.6. The molecule has 132 valence electrons. The number of guanidine groups is 1. The molecule has 0 aliphatic carbocycles. The second kappa shape index (κ2) is 9.71. The average molecular weight is 369 g/mol. The van der Waals surface area contributed by atoms with Crippen LogP contribution in [0, 0.1) is 0 Å². The van der Waals surface area contributed by atoms with Gasteiger partial charge < -0.3 is 20.2 Å². The molecule has 2 aromatic heterocycles. The van der Waals surface area contributed by atoms with Gasteiger partial charge in [0.05, 0.1) is 12.8 Å². The Labute approximate surface area is 150 Å². The van der Waals surface area contributed by atoms with E-state index in [1.165, 1.54) is 0 Å². The van der Waals surface area contributed by atoms with Gasteiger partial charge in [-0.1, -0.05) is 11.8 Å². The van der Waals surface area contributed by atoms with E-state index in [1.807, 2.05) is 18.5 Å². The van der Waals surface area contributed by atoms with Crippen molar-refractivity contribution in [1.29, 1.82) is 0 Å². The molecule has 0 bridgehead atoms. The first kappa shape index (κ1) is 18.8. The summed E-state index contributed by atoms with van der Waals surface area (Å²) < 4.78 is 6.37. The molecule has 0 saturated heterocycles. The van der Waals surface area contributed by atoms with Crippen molar-refractivity contribution in [3.8, 4) is 0 Å². The Morgan fingerprint density at radius 3 is 3.04 bits per heavy atom. The molecular weight excluding hydrogens is 344 g/mol. The normalized spacial score (nSPS) is 14.4. The Balaban J connectivity index is 1.75. The first-order valence-corrected chi connectivity index (χ1v) is 9.79. The highest BCUT2D eigenvalue weighted by Crippen LogP contribution is 2.21. The molecule has 1 unspecified atom stereocenters. The maximum atomic E-state index is 10.4. The van der Waals surface area contributed by atoms with E-state index in [9.17, 15) is 5.11 Å². The van der Waals surface area contributed by atoms with Crippen molar-refractivity contribution in [2.24, 2.45) is 4.99 Å². The lowest BCUT2D eigenvalue weighted by atomic mass is 10.0. The van der Waals surface area contributed by atoms with Crippen molar-refractivity contribution in [3.63, 3.8) is 0 Å². The molecule has 0 aromatic carbocycles. The largest absolute Gasteiger partial charge is 0.466 e. The lowest BCUT2D eigenvalue weighted by Crippen LogP contribution is -2.39. The number of furan rings is 1. The Kier molecular flexibility index (Phi) is 7.61. The predicted molar refractivity (Wildman–Crippen MR) is 99.7 cm³/mol. The van der Waals surface area contributed by atoms with E-state index in [4.69, 9.17) is 4.42 Å². The average Bonchev–Trinajstić information content (AvgIpc) is 3.25. The maximum Gasteiger partial charge on any atom is 0.191 e. The SMILES string of the molecule is CCNC(=NCC(C)(O)c1ccco1)NCCCSc1nccs1. The number of thiazole rings is 1. The summed E-state index contributed by atoms with van der Waals surface area (Å²) in [6.45, 7) is 5.52. The number of aliphatic imine (C=N–C) groups is 1. The van der Waals surface area contributed by atoms with Gasteiger partial charge in [-0.15, -0.1) is 11.3 Å². The molecule has 2 heterocycles. The van der Waals surface area contributed by atoms with Crippen LogP contribution < -0.4 is 10.6 Å². The van der Waals surface area contributed by atoms with Crippen molar-refractivity contribution in [2.45, 2.75) is 30.2 Å². The minimum atomic E-state index is -1.12. The number of nitrogens with zero attached hydrogens (tertiary/aromatic N) is 2. The van der Waals surface area contributed by atoms with Gasteiger partial charge in [-0.2, -0.15) is 0 Å². The smallest absolute Gasteiger partial charge is 0.191 e. The zero-order valence-electron chi connectivity index (χ0n) is 14.0. The molecule has 0 aliphatic heterocycles. The Hall–Kier alpha value is -1.51. The third-order valence-electron chi connectivity index (χ3n) is 3.19. The van der Waals surface area contributed by atoms with Crippen LogP contribution in [0.5, 0.6) is 0 Å². The van der Waals surface area contributed by atoms with E-state index in [-0.39, 0.29) is 6.54 Å². The Morgan fingerprint density at radius 1 is 1.50 bits per heavy atom. The third-order valence-corrected chi connectivity index (χ3v) is 5.24. The highest BCUT2D eigenvalue weighted by Gasteiger charge is 2.25. The molecule has 6 nitrogen and oxygen atoms in total. The van der Waals surface area contributed by atoms with E-state index in [1.54, 1.807) is 48.4 Å². The summed E-state index contributed by atoms with van der Waals surface area (Å²) in [6, 6.07) is 3.52. The van der Waals surface area contributed by atoms with Crippen LogP contribution >= 0.6 is 23.1 Å². The molecule has 0 aliphatic rings. The van der Waals surface area contributed by atoms with Crippen LogP contribution in [0.1, 0.15) is 26.0 Å². The van der Waals surface area contributed by atoms with E-state index >= 15 is 0 Å². The van der Waals surface area contributed by atoms with Crippen LogP contribution in [0.2, 0.25) is 0 Å². The molecule has 1 atom stereocenters. The molecule has 0 amide bonds. The molecular formula is C16H24N4O2S2. The summed E-state index contributed by atoms with van der Waals surface area (Å²) in [6.07, 6.45) is 4.38. The summed E-state index contributed by atoms with van der Waals surface area (Å²) in [7, 11) is 0. The summed E-state index contributed by atoms with van der Waals surface area (Å²) in [5.41, 5.74) is -1.12. The van der Waals surface area contributed by atoms with Crippen molar-refractivity contribution < 1.29 is 9.52 Å². The van der Waals surface area contributed by atoms with Crippen molar-refractivity contribution in [3.05, 3.63) is 35.7 Å². The maximum absolute atomic E-state index is 10.4. The van der Waals surface area contributed by atoms with E-state index in [0.29, 0.717) is 11.7 Å². The first-order chi connectivity index (χ1) is 11.6. The number of rotatable bonds is 9. The molecule has 0 fully saturated rings. The molecule has 24 heavy (non-hydrogen) atoms. The second-order valence-electron chi connectivity index (χ2n) is 5.37. The predicted octanol–water partition coefficient (Wildman–Crippen LogP) is 2.68. The highest BCUT2D eigenvalue weighted by molar-refractivity contribution is 8.00. The Morgan fingerprint density at radius 2 is 2.38 bits per heavy atom. The molecule has 2 aromatic rings. The van der Waals surface area contributed by atoms with Gasteiger partial charge in [0.15, 0.2) is 5.96 Å². The molecule has 0 spiro atoms. The van der Waals surface area contributed by atoms with E-state index < -0.39 is 5.60 Å². The van der Waals surface area contributed by atoms with Crippen LogP contribution in [0.4, 0.5) is 0 Å². The summed E-state index contributed by atoms with van der Waals surface area (Å²) in [4.78, 5) is 8.70. The van der Waals surface area contributed by atoms with Gasteiger partial charge in [-0.05, 0) is 32.4 Å². The first-order valence-electron chi connectivity index (χ1n) is 7.92. The molecule has 8 heteroatoms. The number of hydrogen-bond acceptors (Lipinski definition) is 6. The van der Waals surface area contributed by atoms with Crippen LogP contribution in [-0.2, 0) is 5.60 Å². The summed E-state index contributed by atoms with van der Waals surface area (Å²) in [5.74, 6) is 2.22. The van der Waals surface area contributed by atoms with Crippen molar-refractivity contribution >= 4 is 29.1 Å². The number of nitrogens with one attached hydrogen (secondary N) is 2. The van der Waals surface area contributed by atoms with Crippen molar-refractivity contribution in [1.82, 2.24) is 15.6 Å². The summed E-state index contributed by atoms with van der Waals surface area (Å²) >= 11 is 3.43. The second-order valence-corrected chi connectivity index (χ2v) is 7.61. The zero-order chi connectivity index (χ0) is 17.3. The van der Waals surface area contributed by atoms with E-state index in [0.717, 1.165) is 29.6 Å². The quantitative estimate of drug-likeness (QED) is 0.273. The number of hydrogen-bond donors (Lipinski definition) is 3.